The third-order valence-electron chi connectivity index (χ3n) is 2.65. The highest BCUT2D eigenvalue weighted by Gasteiger charge is 2.20. The maximum Gasteiger partial charge on any atom is 0.00579 e. The van der Waals surface area contributed by atoms with Crippen molar-refractivity contribution in [3.05, 3.63) is 12.3 Å². The van der Waals surface area contributed by atoms with Crippen LogP contribution in [0.3, 0.4) is 0 Å². The van der Waals surface area contributed by atoms with Crippen molar-refractivity contribution < 1.29 is 0 Å². The second-order valence-corrected chi connectivity index (χ2v) is 4.08. The van der Waals surface area contributed by atoms with Crippen LogP contribution in [-0.2, 0) is 0 Å². The van der Waals surface area contributed by atoms with Crippen LogP contribution >= 0.6 is 0 Å². The Hall–Kier alpha value is -0.500. The van der Waals surface area contributed by atoms with E-state index < -0.39 is 0 Å². The first-order chi connectivity index (χ1) is 5.59. The standard InChI is InChI=1S/C10H20N2/c1-9(11(2)3)7-10-5-6-12(4)8-10/h10H,1,5-8H2,2-4H3. The van der Waals surface area contributed by atoms with E-state index in [1.807, 2.05) is 0 Å². The maximum absolute atomic E-state index is 4.05. The lowest BCUT2D eigenvalue weighted by molar-refractivity contribution is 0.379. The molecule has 0 aliphatic carbocycles. The van der Waals surface area contributed by atoms with Crippen LogP contribution < -0.4 is 0 Å². The number of hydrogen-bond donors (Lipinski definition) is 0. The average Bonchev–Trinajstić information content (AvgIpc) is 2.35. The number of nitrogens with zero attached hydrogens (tertiary/aromatic N) is 2. The quantitative estimate of drug-likeness (QED) is 0.628. The summed E-state index contributed by atoms with van der Waals surface area (Å²) in [6, 6.07) is 0. The Morgan fingerprint density at radius 1 is 1.58 bits per heavy atom. The molecule has 0 aromatic rings. The highest BCUT2D eigenvalue weighted by Crippen LogP contribution is 2.21. The largest absolute Gasteiger partial charge is 0.381 e. The smallest absolute Gasteiger partial charge is 0.00579 e. The molecule has 0 aromatic carbocycles. The summed E-state index contributed by atoms with van der Waals surface area (Å²) in [6.45, 7) is 6.55. The molecule has 0 aromatic heterocycles. The van der Waals surface area contributed by atoms with Crippen LogP contribution in [-0.4, -0.2) is 44.0 Å². The van der Waals surface area contributed by atoms with Crippen molar-refractivity contribution in [2.24, 2.45) is 5.92 Å². The van der Waals surface area contributed by atoms with E-state index in [1.165, 1.54) is 25.2 Å². The lowest BCUT2D eigenvalue weighted by Crippen LogP contribution is -2.17. The summed E-state index contributed by atoms with van der Waals surface area (Å²) in [6.07, 6.45) is 2.50. The number of hydrogen-bond acceptors (Lipinski definition) is 2. The highest BCUT2D eigenvalue weighted by molar-refractivity contribution is 4.94. The van der Waals surface area contributed by atoms with E-state index in [9.17, 15) is 0 Å². The van der Waals surface area contributed by atoms with E-state index in [0.29, 0.717) is 0 Å². The van der Waals surface area contributed by atoms with Gasteiger partial charge < -0.3 is 9.80 Å². The van der Waals surface area contributed by atoms with Crippen molar-refractivity contribution in [2.45, 2.75) is 12.8 Å². The second-order valence-electron chi connectivity index (χ2n) is 4.08. The molecule has 0 bridgehead atoms. The minimum atomic E-state index is 0.838. The molecule has 1 rings (SSSR count). The molecule has 2 nitrogen and oxygen atoms in total. The van der Waals surface area contributed by atoms with Gasteiger partial charge in [0.2, 0.25) is 0 Å². The van der Waals surface area contributed by atoms with E-state index in [4.69, 9.17) is 0 Å². The van der Waals surface area contributed by atoms with Crippen molar-refractivity contribution in [2.75, 3.05) is 34.2 Å². The molecule has 0 saturated carbocycles. The summed E-state index contributed by atoms with van der Waals surface area (Å²) in [7, 11) is 6.33. The first-order valence-corrected chi connectivity index (χ1v) is 4.63. The van der Waals surface area contributed by atoms with Crippen LogP contribution in [0.5, 0.6) is 0 Å². The number of likely N-dealkylation sites (tertiary alicyclic amines) is 1. The third kappa shape index (κ3) is 2.52. The molecule has 1 aliphatic rings. The van der Waals surface area contributed by atoms with Gasteiger partial charge in [-0.05, 0) is 32.4 Å². The maximum atomic E-state index is 4.05. The number of rotatable bonds is 3. The van der Waals surface area contributed by atoms with E-state index in [0.717, 1.165) is 12.3 Å². The Morgan fingerprint density at radius 2 is 2.25 bits per heavy atom. The Kier molecular flexibility index (Phi) is 3.15. The summed E-state index contributed by atoms with van der Waals surface area (Å²) in [5, 5.41) is 0. The van der Waals surface area contributed by atoms with Gasteiger partial charge >= 0.3 is 0 Å². The van der Waals surface area contributed by atoms with Gasteiger partial charge in [-0.1, -0.05) is 6.58 Å². The van der Waals surface area contributed by atoms with E-state index in [2.05, 4.69) is 37.5 Å². The molecule has 1 atom stereocenters. The van der Waals surface area contributed by atoms with Crippen LogP contribution in [0, 0.1) is 5.92 Å². The molecule has 1 saturated heterocycles. The summed E-state index contributed by atoms with van der Waals surface area (Å²) in [5.74, 6) is 0.838. The molecular formula is C10H20N2. The van der Waals surface area contributed by atoms with E-state index in [-0.39, 0.29) is 0 Å². The summed E-state index contributed by atoms with van der Waals surface area (Å²) < 4.78 is 0. The summed E-state index contributed by atoms with van der Waals surface area (Å²) in [5.41, 5.74) is 1.26. The molecule has 1 aliphatic heterocycles. The molecule has 0 spiro atoms. The van der Waals surface area contributed by atoms with E-state index >= 15 is 0 Å². The van der Waals surface area contributed by atoms with Gasteiger partial charge in [0.25, 0.3) is 0 Å². The normalized spacial score (nSPS) is 24.4. The van der Waals surface area contributed by atoms with Gasteiger partial charge in [0.15, 0.2) is 0 Å². The van der Waals surface area contributed by atoms with Crippen molar-refractivity contribution >= 4 is 0 Å². The van der Waals surface area contributed by atoms with Gasteiger partial charge in [0, 0.05) is 26.3 Å². The van der Waals surface area contributed by atoms with Crippen LogP contribution in [0.25, 0.3) is 0 Å². The average molecular weight is 168 g/mol. The topological polar surface area (TPSA) is 6.48 Å². The fourth-order valence-corrected chi connectivity index (χ4v) is 1.71. The van der Waals surface area contributed by atoms with Crippen LogP contribution in [0.2, 0.25) is 0 Å². The van der Waals surface area contributed by atoms with Gasteiger partial charge in [-0.15, -0.1) is 0 Å². The van der Waals surface area contributed by atoms with E-state index in [1.54, 1.807) is 0 Å². The molecule has 12 heavy (non-hydrogen) atoms. The second kappa shape index (κ2) is 3.94. The van der Waals surface area contributed by atoms with Gasteiger partial charge in [-0.25, -0.2) is 0 Å². The van der Waals surface area contributed by atoms with Crippen LogP contribution in [0.15, 0.2) is 12.3 Å². The minimum absolute atomic E-state index is 0.838. The molecular weight excluding hydrogens is 148 g/mol. The zero-order valence-corrected chi connectivity index (χ0v) is 8.51. The number of allylic oxidation sites excluding steroid dienone is 1. The summed E-state index contributed by atoms with van der Waals surface area (Å²) in [4.78, 5) is 4.52. The van der Waals surface area contributed by atoms with Crippen LogP contribution in [0.1, 0.15) is 12.8 Å². The highest BCUT2D eigenvalue weighted by atomic mass is 15.1. The van der Waals surface area contributed by atoms with Crippen molar-refractivity contribution in [3.8, 4) is 0 Å². The fourth-order valence-electron chi connectivity index (χ4n) is 1.71. The molecule has 0 radical (unpaired) electrons. The molecule has 1 heterocycles. The third-order valence-corrected chi connectivity index (χ3v) is 2.65. The van der Waals surface area contributed by atoms with Crippen molar-refractivity contribution in [1.82, 2.24) is 9.80 Å². The molecule has 0 N–H and O–H groups in total. The van der Waals surface area contributed by atoms with Gasteiger partial charge in [-0.2, -0.15) is 0 Å². The van der Waals surface area contributed by atoms with Gasteiger partial charge in [0.05, 0.1) is 0 Å². The molecule has 0 amide bonds. The molecule has 1 unspecified atom stereocenters. The fraction of sp³-hybridized carbons (Fsp3) is 0.800. The predicted molar refractivity (Wildman–Crippen MR) is 53.0 cm³/mol. The van der Waals surface area contributed by atoms with Gasteiger partial charge in [0.1, 0.15) is 0 Å². The molecule has 70 valence electrons. The zero-order chi connectivity index (χ0) is 9.14. The van der Waals surface area contributed by atoms with Crippen LogP contribution in [0.4, 0.5) is 0 Å². The minimum Gasteiger partial charge on any atom is -0.381 e. The lowest BCUT2D eigenvalue weighted by Gasteiger charge is -2.18. The Morgan fingerprint density at radius 3 is 2.67 bits per heavy atom. The predicted octanol–water partition coefficient (Wildman–Crippen LogP) is 1.40. The lowest BCUT2D eigenvalue weighted by atomic mass is 10.0. The molecule has 2 heteroatoms. The van der Waals surface area contributed by atoms with Crippen molar-refractivity contribution in [3.63, 3.8) is 0 Å². The summed E-state index contributed by atoms with van der Waals surface area (Å²) >= 11 is 0. The van der Waals surface area contributed by atoms with Crippen molar-refractivity contribution in [1.29, 1.82) is 0 Å². The monoisotopic (exact) mass is 168 g/mol. The first kappa shape index (κ1) is 9.59. The van der Waals surface area contributed by atoms with Gasteiger partial charge in [-0.3, -0.25) is 0 Å². The Bertz CT molecular complexity index is 163. The Labute approximate surface area is 75.8 Å². The Balaban J connectivity index is 2.28. The first-order valence-electron chi connectivity index (χ1n) is 4.63. The zero-order valence-electron chi connectivity index (χ0n) is 8.51. The molecule has 1 fully saturated rings. The SMILES string of the molecule is C=C(CC1CCN(C)C1)N(C)C.